The minimum Gasteiger partial charge on any atom is -0.497 e. The van der Waals surface area contributed by atoms with Gasteiger partial charge in [0.15, 0.2) is 0 Å². The van der Waals surface area contributed by atoms with Crippen LogP contribution in [-0.2, 0) is 0 Å². The lowest BCUT2D eigenvalue weighted by molar-refractivity contribution is 0.164. The molecular weight excluding hydrogens is 246 g/mol. The Balaban J connectivity index is 1.95. The number of benzene rings is 1. The van der Waals surface area contributed by atoms with E-state index in [1.165, 1.54) is 4.88 Å². The molecule has 1 aromatic carbocycles. The fraction of sp³-hybridized carbons (Fsp3) is 0.286. The second kappa shape index (κ2) is 4.63. The van der Waals surface area contributed by atoms with Crippen molar-refractivity contribution in [2.45, 2.75) is 18.6 Å². The minimum absolute atomic E-state index is 0.0201. The molecule has 1 unspecified atom stereocenters. The summed E-state index contributed by atoms with van der Waals surface area (Å²) in [5, 5.41) is 2.06. The van der Waals surface area contributed by atoms with E-state index < -0.39 is 0 Å². The minimum atomic E-state index is 0.0201. The highest BCUT2D eigenvalue weighted by Gasteiger charge is 2.27. The van der Waals surface area contributed by atoms with E-state index in [0.717, 1.165) is 23.5 Å². The summed E-state index contributed by atoms with van der Waals surface area (Å²) >= 11 is 1.70. The van der Waals surface area contributed by atoms with Gasteiger partial charge >= 0.3 is 0 Å². The lowest BCUT2D eigenvalue weighted by Gasteiger charge is -2.30. The highest BCUT2D eigenvalue weighted by molar-refractivity contribution is 7.10. The Morgan fingerprint density at radius 2 is 2.28 bits per heavy atom. The number of rotatable bonds is 2. The molecule has 2 N–H and O–H groups in total. The quantitative estimate of drug-likeness (QED) is 0.902. The van der Waals surface area contributed by atoms with Gasteiger partial charge in [0.25, 0.3) is 0 Å². The molecule has 0 radical (unpaired) electrons. The van der Waals surface area contributed by atoms with Gasteiger partial charge in [0.05, 0.1) is 7.11 Å². The average Bonchev–Trinajstić information content (AvgIpc) is 2.91. The molecule has 0 bridgehead atoms. The summed E-state index contributed by atoms with van der Waals surface area (Å²) in [6.45, 7) is 0. The molecule has 0 saturated heterocycles. The third-order valence-corrected chi connectivity index (χ3v) is 4.18. The third-order valence-electron chi connectivity index (χ3n) is 3.22. The van der Waals surface area contributed by atoms with Gasteiger partial charge in [0, 0.05) is 29.0 Å². The second-order valence-electron chi connectivity index (χ2n) is 4.37. The fourth-order valence-electron chi connectivity index (χ4n) is 2.26. The summed E-state index contributed by atoms with van der Waals surface area (Å²) in [4.78, 5) is 1.22. The van der Waals surface area contributed by atoms with Crippen LogP contribution in [0, 0.1) is 0 Å². The number of hydrogen-bond acceptors (Lipinski definition) is 4. The lowest BCUT2D eigenvalue weighted by Crippen LogP contribution is -2.23. The van der Waals surface area contributed by atoms with Crippen molar-refractivity contribution in [2.24, 2.45) is 5.73 Å². The van der Waals surface area contributed by atoms with Gasteiger partial charge in [0.1, 0.15) is 17.6 Å². The molecule has 0 spiro atoms. The van der Waals surface area contributed by atoms with Gasteiger partial charge in [-0.05, 0) is 17.5 Å². The van der Waals surface area contributed by atoms with Crippen LogP contribution in [0.5, 0.6) is 11.5 Å². The van der Waals surface area contributed by atoms with E-state index in [1.807, 2.05) is 24.3 Å². The molecule has 1 aliphatic heterocycles. The zero-order valence-corrected chi connectivity index (χ0v) is 10.9. The molecule has 2 heterocycles. The molecule has 3 rings (SSSR count). The normalized spacial score (nSPS) is 22.1. The summed E-state index contributed by atoms with van der Waals surface area (Å²) in [7, 11) is 1.65. The van der Waals surface area contributed by atoms with E-state index in [-0.39, 0.29) is 12.1 Å². The van der Waals surface area contributed by atoms with Crippen LogP contribution < -0.4 is 15.2 Å². The van der Waals surface area contributed by atoms with Crippen molar-refractivity contribution in [2.75, 3.05) is 7.11 Å². The Morgan fingerprint density at radius 1 is 1.39 bits per heavy atom. The van der Waals surface area contributed by atoms with Crippen molar-refractivity contribution >= 4 is 11.3 Å². The van der Waals surface area contributed by atoms with Crippen LogP contribution in [0.2, 0.25) is 0 Å². The maximum absolute atomic E-state index is 6.22. The number of methoxy groups -OCH3 is 1. The van der Waals surface area contributed by atoms with E-state index in [1.54, 1.807) is 18.4 Å². The molecule has 1 aromatic heterocycles. The van der Waals surface area contributed by atoms with Crippen LogP contribution >= 0.6 is 11.3 Å². The van der Waals surface area contributed by atoms with Crippen LogP contribution in [0.25, 0.3) is 0 Å². The Kier molecular flexibility index (Phi) is 2.97. The first-order valence-corrected chi connectivity index (χ1v) is 6.79. The van der Waals surface area contributed by atoms with Crippen molar-refractivity contribution < 1.29 is 9.47 Å². The predicted octanol–water partition coefficient (Wildman–Crippen LogP) is 3.28. The molecule has 1 aliphatic rings. The maximum Gasteiger partial charge on any atom is 0.135 e. The van der Waals surface area contributed by atoms with Gasteiger partial charge in [0.2, 0.25) is 0 Å². The first kappa shape index (κ1) is 11.6. The molecule has 18 heavy (non-hydrogen) atoms. The molecule has 0 fully saturated rings. The van der Waals surface area contributed by atoms with Crippen molar-refractivity contribution in [1.29, 1.82) is 0 Å². The summed E-state index contributed by atoms with van der Waals surface area (Å²) in [5.74, 6) is 1.64. The zero-order valence-electron chi connectivity index (χ0n) is 10.1. The van der Waals surface area contributed by atoms with Crippen LogP contribution in [0.15, 0.2) is 35.7 Å². The largest absolute Gasteiger partial charge is 0.497 e. The van der Waals surface area contributed by atoms with Gasteiger partial charge < -0.3 is 15.2 Å². The van der Waals surface area contributed by atoms with Gasteiger partial charge in [-0.15, -0.1) is 11.3 Å². The topological polar surface area (TPSA) is 44.5 Å². The molecule has 0 saturated carbocycles. The number of fused-ring (bicyclic) bond motifs is 1. The van der Waals surface area contributed by atoms with Gasteiger partial charge in [-0.3, -0.25) is 0 Å². The van der Waals surface area contributed by atoms with E-state index in [9.17, 15) is 0 Å². The predicted molar refractivity (Wildman–Crippen MR) is 72.2 cm³/mol. The van der Waals surface area contributed by atoms with E-state index in [2.05, 4.69) is 11.4 Å². The first-order valence-electron chi connectivity index (χ1n) is 5.91. The van der Waals surface area contributed by atoms with E-state index in [4.69, 9.17) is 15.2 Å². The lowest BCUT2D eigenvalue weighted by atomic mass is 9.96. The number of ether oxygens (including phenoxy) is 2. The molecule has 0 aliphatic carbocycles. The van der Waals surface area contributed by atoms with Crippen molar-refractivity contribution in [3.63, 3.8) is 0 Å². The van der Waals surface area contributed by atoms with Crippen LogP contribution in [0.3, 0.4) is 0 Å². The van der Waals surface area contributed by atoms with E-state index >= 15 is 0 Å². The fourth-order valence-corrected chi connectivity index (χ4v) is 3.03. The van der Waals surface area contributed by atoms with Gasteiger partial charge in [-0.2, -0.15) is 0 Å². The summed E-state index contributed by atoms with van der Waals surface area (Å²) in [6.07, 6.45) is 0.874. The molecule has 2 atom stereocenters. The van der Waals surface area contributed by atoms with Crippen LogP contribution in [0.1, 0.15) is 29.0 Å². The van der Waals surface area contributed by atoms with Gasteiger partial charge in [-0.25, -0.2) is 0 Å². The van der Waals surface area contributed by atoms with Crippen LogP contribution in [0.4, 0.5) is 0 Å². The molecular formula is C14H15NO2S. The Labute approximate surface area is 110 Å². The highest BCUT2D eigenvalue weighted by Crippen LogP contribution is 2.42. The number of thiophene rings is 1. The second-order valence-corrected chi connectivity index (χ2v) is 5.35. The maximum atomic E-state index is 6.22. The summed E-state index contributed by atoms with van der Waals surface area (Å²) in [6, 6.07) is 9.97. The molecule has 0 amide bonds. The highest BCUT2D eigenvalue weighted by atomic mass is 32.1. The van der Waals surface area contributed by atoms with Crippen molar-refractivity contribution in [3.05, 3.63) is 46.2 Å². The van der Waals surface area contributed by atoms with Crippen LogP contribution in [-0.4, -0.2) is 7.11 Å². The van der Waals surface area contributed by atoms with E-state index in [0.29, 0.717) is 0 Å². The molecule has 4 heteroatoms. The Bertz CT molecular complexity index is 539. The Morgan fingerprint density at radius 3 is 3.00 bits per heavy atom. The van der Waals surface area contributed by atoms with Crippen molar-refractivity contribution in [3.8, 4) is 11.5 Å². The third kappa shape index (κ3) is 1.98. The standard InChI is InChI=1S/C14H15NO2S/c1-16-9-4-5-10-11(15)8-13(17-12(10)7-9)14-3-2-6-18-14/h2-7,11,13H,8,15H2,1H3/t11-,13?/m0/s1. The summed E-state index contributed by atoms with van der Waals surface area (Å²) in [5.41, 5.74) is 7.28. The summed E-state index contributed by atoms with van der Waals surface area (Å²) < 4.78 is 11.3. The average molecular weight is 261 g/mol. The smallest absolute Gasteiger partial charge is 0.135 e. The first-order chi connectivity index (χ1) is 8.78. The van der Waals surface area contributed by atoms with Gasteiger partial charge in [-0.1, -0.05) is 12.1 Å². The molecule has 3 nitrogen and oxygen atoms in total. The van der Waals surface area contributed by atoms with Crippen molar-refractivity contribution in [1.82, 2.24) is 0 Å². The SMILES string of the molecule is COc1ccc2c(c1)OC(c1cccs1)C[C@@H]2N. The number of hydrogen-bond donors (Lipinski definition) is 1. The molecule has 94 valence electrons. The monoisotopic (exact) mass is 261 g/mol. The number of nitrogens with two attached hydrogens (primary N) is 1. The Hall–Kier alpha value is -1.52. The zero-order chi connectivity index (χ0) is 12.5. The molecule has 2 aromatic rings.